The molecule has 0 aromatic heterocycles. The van der Waals surface area contributed by atoms with Crippen LogP contribution in [0, 0.1) is 5.92 Å². The first-order valence-electron chi connectivity index (χ1n) is 5.79. The standard InChI is InChI=1S/C11H20N2O.ClH/c1-9-4-3-7-13(8-9)11(14)10-5-2-6-12-10;/h9-10,12H,2-8H2,1H3;1H/t9-,10+;/m0./s1. The summed E-state index contributed by atoms with van der Waals surface area (Å²) in [7, 11) is 0. The Bertz CT molecular complexity index is 217. The molecule has 2 saturated heterocycles. The molecule has 0 spiro atoms. The molecule has 0 unspecified atom stereocenters. The maximum absolute atomic E-state index is 12.0. The Morgan fingerprint density at radius 1 is 1.33 bits per heavy atom. The van der Waals surface area contributed by atoms with Crippen molar-refractivity contribution >= 4 is 18.3 Å². The zero-order valence-corrected chi connectivity index (χ0v) is 10.2. The Kier molecular flexibility index (Phi) is 4.87. The van der Waals surface area contributed by atoms with Gasteiger partial charge in [0, 0.05) is 13.1 Å². The molecule has 2 atom stereocenters. The molecular weight excluding hydrogens is 212 g/mol. The maximum Gasteiger partial charge on any atom is 0.239 e. The number of amides is 1. The third-order valence-corrected chi connectivity index (χ3v) is 3.33. The van der Waals surface area contributed by atoms with E-state index in [1.165, 1.54) is 12.8 Å². The van der Waals surface area contributed by atoms with Crippen LogP contribution < -0.4 is 5.32 Å². The monoisotopic (exact) mass is 232 g/mol. The van der Waals surface area contributed by atoms with Gasteiger partial charge in [0.15, 0.2) is 0 Å². The van der Waals surface area contributed by atoms with Crippen LogP contribution in [0.25, 0.3) is 0 Å². The van der Waals surface area contributed by atoms with E-state index in [0.29, 0.717) is 11.8 Å². The molecule has 1 amide bonds. The van der Waals surface area contributed by atoms with Crippen LogP contribution in [0.1, 0.15) is 32.6 Å². The molecule has 2 heterocycles. The molecular formula is C11H21ClN2O. The molecule has 0 aromatic carbocycles. The molecule has 88 valence electrons. The number of piperidine rings is 1. The van der Waals surface area contributed by atoms with E-state index in [0.717, 1.165) is 32.5 Å². The van der Waals surface area contributed by atoms with E-state index in [-0.39, 0.29) is 18.4 Å². The first kappa shape index (κ1) is 12.8. The van der Waals surface area contributed by atoms with Crippen LogP contribution in [0.2, 0.25) is 0 Å². The third kappa shape index (κ3) is 3.08. The van der Waals surface area contributed by atoms with Crippen LogP contribution in [0.15, 0.2) is 0 Å². The Hall–Kier alpha value is -0.280. The van der Waals surface area contributed by atoms with Crippen LogP contribution in [0.4, 0.5) is 0 Å². The summed E-state index contributed by atoms with van der Waals surface area (Å²) in [4.78, 5) is 14.1. The van der Waals surface area contributed by atoms with Gasteiger partial charge < -0.3 is 10.2 Å². The SMILES string of the molecule is C[C@H]1CCCN(C(=O)[C@H]2CCCN2)C1.Cl. The molecule has 0 bridgehead atoms. The smallest absolute Gasteiger partial charge is 0.239 e. The highest BCUT2D eigenvalue weighted by atomic mass is 35.5. The third-order valence-electron chi connectivity index (χ3n) is 3.33. The van der Waals surface area contributed by atoms with E-state index in [2.05, 4.69) is 17.1 Å². The minimum Gasteiger partial charge on any atom is -0.341 e. The van der Waals surface area contributed by atoms with Gasteiger partial charge in [0.1, 0.15) is 0 Å². The predicted molar refractivity (Wildman–Crippen MR) is 63.3 cm³/mol. The number of hydrogen-bond donors (Lipinski definition) is 1. The van der Waals surface area contributed by atoms with Crippen molar-refractivity contribution in [1.29, 1.82) is 0 Å². The molecule has 1 N–H and O–H groups in total. The maximum atomic E-state index is 12.0. The van der Waals surface area contributed by atoms with Crippen molar-refractivity contribution in [3.05, 3.63) is 0 Å². The van der Waals surface area contributed by atoms with Crippen molar-refractivity contribution in [3.63, 3.8) is 0 Å². The second-order valence-corrected chi connectivity index (χ2v) is 4.68. The topological polar surface area (TPSA) is 32.3 Å². The summed E-state index contributed by atoms with van der Waals surface area (Å²) in [5.41, 5.74) is 0. The number of likely N-dealkylation sites (tertiary alicyclic amines) is 1. The van der Waals surface area contributed by atoms with E-state index in [1.807, 2.05) is 0 Å². The second kappa shape index (κ2) is 5.71. The second-order valence-electron chi connectivity index (χ2n) is 4.68. The lowest BCUT2D eigenvalue weighted by molar-refractivity contribution is -0.134. The number of carbonyl (C=O) groups is 1. The molecule has 3 nitrogen and oxygen atoms in total. The van der Waals surface area contributed by atoms with Crippen LogP contribution in [-0.2, 0) is 4.79 Å². The number of nitrogens with zero attached hydrogens (tertiary/aromatic N) is 1. The number of nitrogens with one attached hydrogen (secondary N) is 1. The fourth-order valence-electron chi connectivity index (χ4n) is 2.51. The predicted octanol–water partition coefficient (Wildman–Crippen LogP) is 1.42. The van der Waals surface area contributed by atoms with Gasteiger partial charge in [-0.15, -0.1) is 12.4 Å². The Morgan fingerprint density at radius 2 is 2.13 bits per heavy atom. The van der Waals surface area contributed by atoms with E-state index < -0.39 is 0 Å². The van der Waals surface area contributed by atoms with E-state index >= 15 is 0 Å². The number of halogens is 1. The highest BCUT2D eigenvalue weighted by Gasteiger charge is 2.28. The van der Waals surface area contributed by atoms with Crippen molar-refractivity contribution in [2.45, 2.75) is 38.6 Å². The summed E-state index contributed by atoms with van der Waals surface area (Å²) in [5, 5.41) is 3.28. The van der Waals surface area contributed by atoms with Gasteiger partial charge in [0.05, 0.1) is 6.04 Å². The molecule has 2 fully saturated rings. The molecule has 2 aliphatic rings. The van der Waals surface area contributed by atoms with Crippen molar-refractivity contribution < 1.29 is 4.79 Å². The molecule has 0 aromatic rings. The van der Waals surface area contributed by atoms with Gasteiger partial charge in [-0.2, -0.15) is 0 Å². The molecule has 15 heavy (non-hydrogen) atoms. The van der Waals surface area contributed by atoms with Gasteiger partial charge in [0.2, 0.25) is 5.91 Å². The average Bonchev–Trinajstić information content (AvgIpc) is 2.69. The Balaban J connectivity index is 0.00000112. The highest BCUT2D eigenvalue weighted by molar-refractivity contribution is 5.85. The Labute approximate surface area is 98.0 Å². The van der Waals surface area contributed by atoms with Crippen molar-refractivity contribution in [2.24, 2.45) is 5.92 Å². The van der Waals surface area contributed by atoms with Crippen molar-refractivity contribution in [2.75, 3.05) is 19.6 Å². The van der Waals surface area contributed by atoms with Crippen LogP contribution >= 0.6 is 12.4 Å². The van der Waals surface area contributed by atoms with Gasteiger partial charge in [-0.05, 0) is 38.1 Å². The normalized spacial score (nSPS) is 31.1. The zero-order chi connectivity index (χ0) is 9.97. The average molecular weight is 233 g/mol. The summed E-state index contributed by atoms with van der Waals surface area (Å²) in [6.07, 6.45) is 4.64. The van der Waals surface area contributed by atoms with Crippen LogP contribution in [0.5, 0.6) is 0 Å². The highest BCUT2D eigenvalue weighted by Crippen LogP contribution is 2.18. The van der Waals surface area contributed by atoms with Crippen LogP contribution in [0.3, 0.4) is 0 Å². The summed E-state index contributed by atoms with van der Waals surface area (Å²) < 4.78 is 0. The van der Waals surface area contributed by atoms with E-state index in [1.54, 1.807) is 0 Å². The molecule has 0 aliphatic carbocycles. The summed E-state index contributed by atoms with van der Waals surface area (Å²) in [6.45, 7) is 5.19. The van der Waals surface area contributed by atoms with Crippen molar-refractivity contribution in [1.82, 2.24) is 10.2 Å². The van der Waals surface area contributed by atoms with E-state index in [4.69, 9.17) is 0 Å². The lowest BCUT2D eigenvalue weighted by Gasteiger charge is -2.32. The van der Waals surface area contributed by atoms with Gasteiger partial charge in [-0.1, -0.05) is 6.92 Å². The van der Waals surface area contributed by atoms with Crippen molar-refractivity contribution in [3.8, 4) is 0 Å². The van der Waals surface area contributed by atoms with Gasteiger partial charge in [-0.25, -0.2) is 0 Å². The summed E-state index contributed by atoms with van der Waals surface area (Å²) in [6, 6.07) is 0.125. The fourth-order valence-corrected chi connectivity index (χ4v) is 2.51. The minimum atomic E-state index is 0. The number of carbonyl (C=O) groups excluding carboxylic acids is 1. The fraction of sp³-hybridized carbons (Fsp3) is 0.909. The van der Waals surface area contributed by atoms with Gasteiger partial charge in [0.25, 0.3) is 0 Å². The Morgan fingerprint density at radius 3 is 2.73 bits per heavy atom. The largest absolute Gasteiger partial charge is 0.341 e. The zero-order valence-electron chi connectivity index (χ0n) is 9.37. The van der Waals surface area contributed by atoms with E-state index in [9.17, 15) is 4.79 Å². The molecule has 2 aliphatic heterocycles. The quantitative estimate of drug-likeness (QED) is 0.742. The van der Waals surface area contributed by atoms with Crippen LogP contribution in [-0.4, -0.2) is 36.5 Å². The van der Waals surface area contributed by atoms with Gasteiger partial charge >= 0.3 is 0 Å². The minimum absolute atomic E-state index is 0. The molecule has 0 radical (unpaired) electrons. The molecule has 4 heteroatoms. The lowest BCUT2D eigenvalue weighted by Crippen LogP contribution is -2.47. The number of rotatable bonds is 1. The lowest BCUT2D eigenvalue weighted by atomic mass is 9.99. The first-order chi connectivity index (χ1) is 6.77. The summed E-state index contributed by atoms with van der Waals surface area (Å²) in [5.74, 6) is 1.03. The van der Waals surface area contributed by atoms with Gasteiger partial charge in [-0.3, -0.25) is 4.79 Å². The molecule has 0 saturated carbocycles. The summed E-state index contributed by atoms with van der Waals surface area (Å²) >= 11 is 0. The molecule has 2 rings (SSSR count). The number of hydrogen-bond acceptors (Lipinski definition) is 2. The first-order valence-corrected chi connectivity index (χ1v) is 5.79.